The number of morpholine rings is 1. The molecule has 2 rings (SSSR count). The number of hydrogen-bond acceptors (Lipinski definition) is 4. The van der Waals surface area contributed by atoms with Crippen LogP contribution in [-0.2, 0) is 4.74 Å². The van der Waals surface area contributed by atoms with Gasteiger partial charge >= 0.3 is 7.12 Å². The Morgan fingerprint density at radius 1 is 1.20 bits per heavy atom. The van der Waals surface area contributed by atoms with Crippen LogP contribution >= 0.6 is 0 Å². The molecule has 0 radical (unpaired) electrons. The summed E-state index contributed by atoms with van der Waals surface area (Å²) in [6.07, 6.45) is 0. The first-order valence-corrected chi connectivity index (χ1v) is 5.06. The third-order valence-electron chi connectivity index (χ3n) is 2.54. The average molecular weight is 207 g/mol. The summed E-state index contributed by atoms with van der Waals surface area (Å²) in [4.78, 5) is 2.18. The summed E-state index contributed by atoms with van der Waals surface area (Å²) >= 11 is 0. The van der Waals surface area contributed by atoms with Gasteiger partial charge in [0.15, 0.2) is 0 Å². The molecule has 0 amide bonds. The van der Waals surface area contributed by atoms with Crippen molar-refractivity contribution >= 4 is 18.3 Å². The summed E-state index contributed by atoms with van der Waals surface area (Å²) in [7, 11) is -1.40. The Bertz CT molecular complexity index is 326. The highest BCUT2D eigenvalue weighted by atomic mass is 16.5. The van der Waals surface area contributed by atoms with Gasteiger partial charge < -0.3 is 19.7 Å². The van der Waals surface area contributed by atoms with Crippen LogP contribution in [0.5, 0.6) is 0 Å². The molecule has 2 N–H and O–H groups in total. The van der Waals surface area contributed by atoms with E-state index in [1.807, 2.05) is 12.1 Å². The van der Waals surface area contributed by atoms with Crippen LogP contribution in [0.4, 0.5) is 5.69 Å². The number of ether oxygens (including phenoxy) is 1. The molecule has 1 aromatic carbocycles. The Hall–Kier alpha value is -1.04. The van der Waals surface area contributed by atoms with E-state index in [1.54, 1.807) is 12.1 Å². The number of nitrogens with zero attached hydrogens (tertiary/aromatic N) is 1. The van der Waals surface area contributed by atoms with Crippen molar-refractivity contribution in [3.63, 3.8) is 0 Å². The van der Waals surface area contributed by atoms with Gasteiger partial charge in [0.25, 0.3) is 0 Å². The molecule has 1 aliphatic heterocycles. The molecule has 80 valence electrons. The maximum absolute atomic E-state index is 9.06. The molecule has 1 saturated heterocycles. The van der Waals surface area contributed by atoms with Crippen LogP contribution < -0.4 is 10.4 Å². The number of rotatable bonds is 2. The van der Waals surface area contributed by atoms with Gasteiger partial charge in [-0.15, -0.1) is 0 Å². The second-order valence-electron chi connectivity index (χ2n) is 3.57. The molecule has 4 nitrogen and oxygen atoms in total. The predicted octanol–water partition coefficient (Wildman–Crippen LogP) is -0.797. The molecule has 0 spiro atoms. The highest BCUT2D eigenvalue weighted by Gasteiger charge is 2.15. The molecule has 1 aliphatic rings. The van der Waals surface area contributed by atoms with E-state index in [9.17, 15) is 0 Å². The molecule has 0 bridgehead atoms. The lowest BCUT2D eigenvalue weighted by Crippen LogP contribution is -2.37. The number of hydrogen-bond donors (Lipinski definition) is 2. The predicted molar refractivity (Wildman–Crippen MR) is 59.3 cm³/mol. The minimum atomic E-state index is -1.40. The fourth-order valence-corrected chi connectivity index (χ4v) is 1.70. The summed E-state index contributed by atoms with van der Waals surface area (Å²) in [5, 5.41) is 18.1. The minimum absolute atomic E-state index is 0.527. The smallest absolute Gasteiger partial charge is 0.423 e. The summed E-state index contributed by atoms with van der Waals surface area (Å²) < 4.78 is 5.26. The Labute approximate surface area is 89.2 Å². The van der Waals surface area contributed by atoms with Crippen molar-refractivity contribution in [1.82, 2.24) is 0 Å². The Kier molecular flexibility index (Phi) is 3.25. The Morgan fingerprint density at radius 3 is 2.60 bits per heavy atom. The van der Waals surface area contributed by atoms with Crippen LogP contribution in [-0.4, -0.2) is 43.5 Å². The van der Waals surface area contributed by atoms with Crippen molar-refractivity contribution in [2.24, 2.45) is 0 Å². The molecule has 5 heteroatoms. The fraction of sp³-hybridized carbons (Fsp3) is 0.400. The van der Waals surface area contributed by atoms with Crippen LogP contribution in [0.15, 0.2) is 24.3 Å². The van der Waals surface area contributed by atoms with Crippen LogP contribution in [0.25, 0.3) is 0 Å². The summed E-state index contributed by atoms with van der Waals surface area (Å²) in [5.74, 6) is 0. The van der Waals surface area contributed by atoms with Crippen molar-refractivity contribution in [2.75, 3.05) is 31.2 Å². The summed E-state index contributed by atoms with van der Waals surface area (Å²) in [6, 6.07) is 7.31. The first-order valence-electron chi connectivity index (χ1n) is 5.06. The van der Waals surface area contributed by atoms with Gasteiger partial charge in [-0.05, 0) is 17.6 Å². The lowest BCUT2D eigenvalue weighted by molar-refractivity contribution is 0.122. The van der Waals surface area contributed by atoms with E-state index < -0.39 is 7.12 Å². The van der Waals surface area contributed by atoms with Gasteiger partial charge in [0.1, 0.15) is 0 Å². The quantitative estimate of drug-likeness (QED) is 0.623. The number of anilines is 1. The van der Waals surface area contributed by atoms with Gasteiger partial charge in [0, 0.05) is 18.8 Å². The SMILES string of the molecule is OB(O)c1cccc(N2CCOCC2)c1. The molecule has 0 aromatic heterocycles. The van der Waals surface area contributed by atoms with E-state index in [1.165, 1.54) is 0 Å². The molecule has 1 fully saturated rings. The molecule has 0 unspecified atom stereocenters. The van der Waals surface area contributed by atoms with E-state index in [0.29, 0.717) is 5.46 Å². The van der Waals surface area contributed by atoms with Gasteiger partial charge in [-0.3, -0.25) is 0 Å². The molecule has 0 saturated carbocycles. The third kappa shape index (κ3) is 2.50. The first-order chi connectivity index (χ1) is 7.27. The zero-order chi connectivity index (χ0) is 10.7. The number of benzene rings is 1. The van der Waals surface area contributed by atoms with Crippen molar-refractivity contribution in [3.8, 4) is 0 Å². The highest BCUT2D eigenvalue weighted by Crippen LogP contribution is 2.13. The van der Waals surface area contributed by atoms with E-state index >= 15 is 0 Å². The van der Waals surface area contributed by atoms with E-state index in [-0.39, 0.29) is 0 Å². The van der Waals surface area contributed by atoms with Gasteiger partial charge in [-0.25, -0.2) is 0 Å². The normalized spacial score (nSPS) is 16.5. The second-order valence-corrected chi connectivity index (χ2v) is 3.57. The summed E-state index contributed by atoms with van der Waals surface area (Å²) in [5.41, 5.74) is 1.54. The van der Waals surface area contributed by atoms with E-state index in [2.05, 4.69) is 4.90 Å². The van der Waals surface area contributed by atoms with Crippen LogP contribution in [0.1, 0.15) is 0 Å². The largest absolute Gasteiger partial charge is 0.488 e. The maximum Gasteiger partial charge on any atom is 0.488 e. The van der Waals surface area contributed by atoms with Crippen molar-refractivity contribution in [2.45, 2.75) is 0 Å². The zero-order valence-electron chi connectivity index (χ0n) is 8.47. The van der Waals surface area contributed by atoms with Crippen LogP contribution in [0.2, 0.25) is 0 Å². The van der Waals surface area contributed by atoms with Crippen LogP contribution in [0, 0.1) is 0 Å². The maximum atomic E-state index is 9.06. The molecule has 15 heavy (non-hydrogen) atoms. The zero-order valence-corrected chi connectivity index (χ0v) is 8.47. The first kappa shape index (κ1) is 10.5. The molecular formula is C10H14BNO3. The third-order valence-corrected chi connectivity index (χ3v) is 2.54. The Morgan fingerprint density at radius 2 is 1.93 bits per heavy atom. The molecule has 0 aliphatic carbocycles. The lowest BCUT2D eigenvalue weighted by atomic mass is 9.80. The Balaban J connectivity index is 2.16. The van der Waals surface area contributed by atoms with Crippen molar-refractivity contribution in [1.29, 1.82) is 0 Å². The monoisotopic (exact) mass is 207 g/mol. The molecule has 1 heterocycles. The molecular weight excluding hydrogens is 193 g/mol. The van der Waals surface area contributed by atoms with Gasteiger partial charge in [0.2, 0.25) is 0 Å². The highest BCUT2D eigenvalue weighted by molar-refractivity contribution is 6.58. The van der Waals surface area contributed by atoms with Crippen LogP contribution in [0.3, 0.4) is 0 Å². The summed E-state index contributed by atoms with van der Waals surface area (Å²) in [6.45, 7) is 3.16. The van der Waals surface area contributed by atoms with Gasteiger partial charge in [-0.1, -0.05) is 12.1 Å². The topological polar surface area (TPSA) is 52.9 Å². The van der Waals surface area contributed by atoms with Crippen molar-refractivity contribution < 1.29 is 14.8 Å². The second kappa shape index (κ2) is 4.66. The van der Waals surface area contributed by atoms with E-state index in [4.69, 9.17) is 14.8 Å². The van der Waals surface area contributed by atoms with Gasteiger partial charge in [-0.2, -0.15) is 0 Å². The standard InChI is InChI=1S/C10H14BNO3/c13-11(14)9-2-1-3-10(8-9)12-4-6-15-7-5-12/h1-3,8,13-14H,4-7H2. The molecule has 0 atom stereocenters. The van der Waals surface area contributed by atoms with E-state index in [0.717, 1.165) is 32.0 Å². The minimum Gasteiger partial charge on any atom is -0.423 e. The van der Waals surface area contributed by atoms with Gasteiger partial charge in [0.05, 0.1) is 13.2 Å². The lowest BCUT2D eigenvalue weighted by Gasteiger charge is -2.29. The van der Waals surface area contributed by atoms with Crippen molar-refractivity contribution in [3.05, 3.63) is 24.3 Å². The fourth-order valence-electron chi connectivity index (χ4n) is 1.70. The molecule has 1 aromatic rings. The average Bonchev–Trinajstić information content (AvgIpc) is 2.30.